The second kappa shape index (κ2) is 11.3. The molecule has 182 valence electrons. The van der Waals surface area contributed by atoms with Gasteiger partial charge in [0.1, 0.15) is 0 Å². The minimum Gasteiger partial charge on any atom is -0.371 e. The van der Waals surface area contributed by atoms with Crippen molar-refractivity contribution in [1.82, 2.24) is 14.5 Å². The highest BCUT2D eigenvalue weighted by molar-refractivity contribution is 7.89. The topological polar surface area (TPSA) is 65.0 Å². The molecule has 1 saturated heterocycles. The van der Waals surface area contributed by atoms with Gasteiger partial charge in [0.15, 0.2) is 0 Å². The quantitative estimate of drug-likeness (QED) is 0.576. The van der Waals surface area contributed by atoms with E-state index in [1.54, 1.807) is 24.3 Å². The summed E-state index contributed by atoms with van der Waals surface area (Å²) in [6.07, 6.45) is 5.15. The third kappa shape index (κ3) is 6.34. The van der Waals surface area contributed by atoms with Crippen molar-refractivity contribution in [3.05, 3.63) is 78.1 Å². The van der Waals surface area contributed by atoms with Crippen molar-refractivity contribution < 1.29 is 8.42 Å². The molecular weight excluding hydrogens is 444 g/mol. The lowest BCUT2D eigenvalue weighted by Gasteiger charge is -2.35. The molecule has 0 amide bonds. The molecule has 0 aromatic heterocycles. The monoisotopic (exact) mass is 480 g/mol. The van der Waals surface area contributed by atoms with Gasteiger partial charge in [0, 0.05) is 30.4 Å². The molecule has 0 spiro atoms. The van der Waals surface area contributed by atoms with Crippen molar-refractivity contribution in [1.29, 1.82) is 0 Å². The fourth-order valence-electron chi connectivity index (χ4n) is 4.81. The first-order chi connectivity index (χ1) is 16.4. The van der Waals surface area contributed by atoms with E-state index in [0.717, 1.165) is 57.5 Å². The molecule has 1 atom stereocenters. The number of hydrogen-bond acceptors (Lipinski definition) is 5. The van der Waals surface area contributed by atoms with Crippen LogP contribution in [0.2, 0.25) is 0 Å². The molecule has 2 aromatic carbocycles. The molecule has 0 bridgehead atoms. The van der Waals surface area contributed by atoms with Gasteiger partial charge in [-0.25, -0.2) is 13.1 Å². The first kappa shape index (κ1) is 24.6. The zero-order chi connectivity index (χ0) is 24.0. The van der Waals surface area contributed by atoms with Gasteiger partial charge < -0.3 is 9.80 Å². The molecule has 2 aromatic rings. The summed E-state index contributed by atoms with van der Waals surface area (Å²) in [5.74, 6) is 0.502. The lowest BCUT2D eigenvalue weighted by molar-refractivity contribution is 0.190. The molecular formula is C27H36N4O2S. The van der Waals surface area contributed by atoms with E-state index in [2.05, 4.69) is 34.6 Å². The fourth-order valence-corrected chi connectivity index (χ4v) is 6.09. The average Bonchev–Trinajstić information content (AvgIpc) is 2.87. The summed E-state index contributed by atoms with van der Waals surface area (Å²) in [5.41, 5.74) is 3.41. The lowest BCUT2D eigenvalue weighted by Crippen LogP contribution is -2.38. The van der Waals surface area contributed by atoms with Gasteiger partial charge in [-0.2, -0.15) is 0 Å². The molecule has 0 aliphatic carbocycles. The zero-order valence-electron chi connectivity index (χ0n) is 20.2. The Morgan fingerprint density at radius 1 is 1.03 bits per heavy atom. The maximum atomic E-state index is 13.0. The maximum Gasteiger partial charge on any atom is 0.241 e. The predicted octanol–water partition coefficient (Wildman–Crippen LogP) is 4.45. The summed E-state index contributed by atoms with van der Waals surface area (Å²) in [6, 6.07) is 18.2. The number of nitrogens with one attached hydrogen (secondary N) is 1. The number of allylic oxidation sites excluding steroid dienone is 1. The SMILES string of the molecule is CCN1C=C(C2CCN(CC[C@H](NS(=O)(=O)c3ccccc3)c3ccccc3)CC2)N=C(C)C1. The van der Waals surface area contributed by atoms with E-state index in [9.17, 15) is 8.42 Å². The van der Waals surface area contributed by atoms with Crippen LogP contribution < -0.4 is 4.72 Å². The van der Waals surface area contributed by atoms with Crippen molar-refractivity contribution in [2.24, 2.45) is 10.9 Å². The zero-order valence-corrected chi connectivity index (χ0v) is 21.0. The molecule has 1 fully saturated rings. The lowest BCUT2D eigenvalue weighted by atomic mass is 9.92. The summed E-state index contributed by atoms with van der Waals surface area (Å²) in [7, 11) is -3.59. The Morgan fingerprint density at radius 2 is 1.68 bits per heavy atom. The molecule has 1 N–H and O–H groups in total. The Labute approximate surface area is 204 Å². The summed E-state index contributed by atoms with van der Waals surface area (Å²) in [4.78, 5) is 9.95. The van der Waals surface area contributed by atoms with Crippen LogP contribution in [0, 0.1) is 5.92 Å². The highest BCUT2D eigenvalue weighted by Crippen LogP contribution is 2.29. The Kier molecular flexibility index (Phi) is 8.19. The highest BCUT2D eigenvalue weighted by Gasteiger charge is 2.26. The van der Waals surface area contributed by atoms with Crippen LogP contribution in [-0.4, -0.2) is 56.7 Å². The van der Waals surface area contributed by atoms with Crippen molar-refractivity contribution >= 4 is 15.7 Å². The molecule has 0 saturated carbocycles. The van der Waals surface area contributed by atoms with E-state index < -0.39 is 10.0 Å². The third-order valence-corrected chi connectivity index (χ3v) is 8.25. The van der Waals surface area contributed by atoms with Crippen LogP contribution in [0.3, 0.4) is 0 Å². The van der Waals surface area contributed by atoms with Gasteiger partial charge in [-0.3, -0.25) is 4.99 Å². The van der Waals surface area contributed by atoms with Crippen molar-refractivity contribution in [3.8, 4) is 0 Å². The van der Waals surface area contributed by atoms with Crippen LogP contribution in [0.25, 0.3) is 0 Å². The van der Waals surface area contributed by atoms with Crippen molar-refractivity contribution in [2.45, 2.75) is 44.0 Å². The van der Waals surface area contributed by atoms with E-state index in [1.807, 2.05) is 36.4 Å². The van der Waals surface area contributed by atoms with E-state index in [-0.39, 0.29) is 6.04 Å². The van der Waals surface area contributed by atoms with Crippen LogP contribution in [0.15, 0.2) is 82.4 Å². The number of likely N-dealkylation sites (tertiary alicyclic amines) is 1. The van der Waals surface area contributed by atoms with Gasteiger partial charge in [-0.15, -0.1) is 0 Å². The van der Waals surface area contributed by atoms with Crippen LogP contribution >= 0.6 is 0 Å². The average molecular weight is 481 g/mol. The molecule has 7 heteroatoms. The third-order valence-electron chi connectivity index (χ3n) is 6.77. The minimum atomic E-state index is -3.59. The van der Waals surface area contributed by atoms with E-state index in [1.165, 1.54) is 11.4 Å². The minimum absolute atomic E-state index is 0.268. The standard InChI is InChI=1S/C27H36N4O2S/c1-3-30-20-22(2)28-27(21-30)24-14-17-31(18-15-24)19-16-26(23-10-6-4-7-11-23)29-34(32,33)25-12-8-5-9-13-25/h4-13,21,24,26,29H,3,14-20H2,1-2H3/t26-/m0/s1. The molecule has 2 aliphatic heterocycles. The summed E-state index contributed by atoms with van der Waals surface area (Å²) in [5, 5.41) is 0. The first-order valence-corrected chi connectivity index (χ1v) is 13.8. The Morgan fingerprint density at radius 3 is 2.32 bits per heavy atom. The second-order valence-electron chi connectivity index (χ2n) is 9.27. The summed E-state index contributed by atoms with van der Waals surface area (Å²) < 4.78 is 29.0. The molecule has 34 heavy (non-hydrogen) atoms. The number of hydrogen-bond donors (Lipinski definition) is 1. The van der Waals surface area contributed by atoms with Crippen LogP contribution in [0.4, 0.5) is 0 Å². The number of nitrogens with zero attached hydrogens (tertiary/aromatic N) is 3. The van der Waals surface area contributed by atoms with E-state index in [4.69, 9.17) is 4.99 Å². The van der Waals surface area contributed by atoms with Gasteiger partial charge in [0.05, 0.1) is 17.1 Å². The van der Waals surface area contributed by atoms with Gasteiger partial charge in [-0.1, -0.05) is 48.5 Å². The maximum absolute atomic E-state index is 13.0. The molecule has 0 radical (unpaired) electrons. The molecule has 4 rings (SSSR count). The summed E-state index contributed by atoms with van der Waals surface area (Å²) >= 11 is 0. The van der Waals surface area contributed by atoms with Crippen molar-refractivity contribution in [2.75, 3.05) is 32.7 Å². The number of sulfonamides is 1. The van der Waals surface area contributed by atoms with Gasteiger partial charge >= 0.3 is 0 Å². The van der Waals surface area contributed by atoms with Crippen LogP contribution in [-0.2, 0) is 10.0 Å². The van der Waals surface area contributed by atoms with Crippen molar-refractivity contribution in [3.63, 3.8) is 0 Å². The van der Waals surface area contributed by atoms with Crippen LogP contribution in [0.5, 0.6) is 0 Å². The molecule has 6 nitrogen and oxygen atoms in total. The Hall–Kier alpha value is -2.48. The highest BCUT2D eigenvalue weighted by atomic mass is 32.2. The van der Waals surface area contributed by atoms with E-state index >= 15 is 0 Å². The number of aliphatic imine (C=N–C) groups is 1. The Bertz CT molecular complexity index is 1090. The Balaban J connectivity index is 1.38. The van der Waals surface area contributed by atoms with Gasteiger partial charge in [0.2, 0.25) is 10.0 Å². The molecule has 0 unspecified atom stereocenters. The first-order valence-electron chi connectivity index (χ1n) is 12.3. The molecule has 2 aliphatic rings. The fraction of sp³-hybridized carbons (Fsp3) is 0.444. The molecule has 2 heterocycles. The van der Waals surface area contributed by atoms with E-state index in [0.29, 0.717) is 10.8 Å². The summed E-state index contributed by atoms with van der Waals surface area (Å²) in [6.45, 7) is 9.11. The van der Waals surface area contributed by atoms with Gasteiger partial charge in [-0.05, 0) is 70.4 Å². The number of piperidine rings is 1. The number of benzene rings is 2. The van der Waals surface area contributed by atoms with Crippen LogP contribution in [0.1, 0.15) is 44.7 Å². The predicted molar refractivity (Wildman–Crippen MR) is 138 cm³/mol. The largest absolute Gasteiger partial charge is 0.371 e. The number of rotatable bonds is 9. The smallest absolute Gasteiger partial charge is 0.241 e. The normalized spacial score (nSPS) is 18.9. The van der Waals surface area contributed by atoms with Gasteiger partial charge in [0.25, 0.3) is 0 Å². The second-order valence-corrected chi connectivity index (χ2v) is 11.0.